The lowest BCUT2D eigenvalue weighted by molar-refractivity contribution is 0.0895. The summed E-state index contributed by atoms with van der Waals surface area (Å²) >= 11 is 0. The molecule has 0 saturated heterocycles. The first-order valence-corrected chi connectivity index (χ1v) is 5.89. The van der Waals surface area contributed by atoms with E-state index in [2.05, 4.69) is 5.32 Å². The Morgan fingerprint density at radius 2 is 2.11 bits per heavy atom. The highest BCUT2D eigenvalue weighted by molar-refractivity contribution is 5.94. The molecule has 1 aromatic rings. The molecule has 1 amide bonds. The predicted octanol–water partition coefficient (Wildman–Crippen LogP) is 2.21. The minimum absolute atomic E-state index is 0.285. The zero-order valence-electron chi connectivity index (χ0n) is 10.6. The van der Waals surface area contributed by atoms with E-state index in [9.17, 15) is 13.6 Å². The third kappa shape index (κ3) is 3.50. The summed E-state index contributed by atoms with van der Waals surface area (Å²) in [6, 6.07) is 2.81. The Morgan fingerprint density at radius 3 is 2.67 bits per heavy atom. The van der Waals surface area contributed by atoms with E-state index in [4.69, 9.17) is 5.73 Å². The van der Waals surface area contributed by atoms with Gasteiger partial charge in [0.2, 0.25) is 0 Å². The maximum atomic E-state index is 13.4. The lowest BCUT2D eigenvalue weighted by Crippen LogP contribution is -2.47. The molecule has 0 heterocycles. The molecule has 0 aliphatic rings. The normalized spacial score (nSPS) is 14.1. The molecule has 100 valence electrons. The molecule has 0 aromatic heterocycles. The van der Waals surface area contributed by atoms with Crippen molar-refractivity contribution in [3.63, 3.8) is 0 Å². The minimum atomic E-state index is -0.736. The summed E-state index contributed by atoms with van der Waals surface area (Å²) in [6.07, 6.45) is 1.24. The van der Waals surface area contributed by atoms with Gasteiger partial charge in [-0.25, -0.2) is 8.78 Å². The van der Waals surface area contributed by atoms with E-state index in [-0.39, 0.29) is 5.56 Å². The summed E-state index contributed by atoms with van der Waals surface area (Å²) in [4.78, 5) is 11.9. The molecular formula is C13H18F2N2O. The van der Waals surface area contributed by atoms with Gasteiger partial charge >= 0.3 is 0 Å². The third-order valence-electron chi connectivity index (χ3n) is 3.06. The van der Waals surface area contributed by atoms with E-state index >= 15 is 0 Å². The highest BCUT2D eigenvalue weighted by atomic mass is 19.1. The van der Waals surface area contributed by atoms with Gasteiger partial charge < -0.3 is 11.1 Å². The molecule has 0 spiro atoms. The number of carbonyl (C=O) groups is 1. The van der Waals surface area contributed by atoms with Crippen molar-refractivity contribution in [3.8, 4) is 0 Å². The number of carbonyl (C=O) groups excluding carboxylic acids is 1. The van der Waals surface area contributed by atoms with Crippen molar-refractivity contribution in [2.24, 2.45) is 5.73 Å². The quantitative estimate of drug-likeness (QED) is 0.848. The second-order valence-corrected chi connectivity index (χ2v) is 4.53. The summed E-state index contributed by atoms with van der Waals surface area (Å²) < 4.78 is 26.4. The molecule has 1 atom stereocenters. The highest BCUT2D eigenvalue weighted by Crippen LogP contribution is 2.16. The van der Waals surface area contributed by atoms with E-state index in [1.165, 1.54) is 0 Å². The molecule has 0 fully saturated rings. The van der Waals surface area contributed by atoms with E-state index in [0.717, 1.165) is 18.2 Å². The van der Waals surface area contributed by atoms with Crippen molar-refractivity contribution in [1.29, 1.82) is 0 Å². The summed E-state index contributed by atoms with van der Waals surface area (Å²) in [7, 11) is 0. The van der Waals surface area contributed by atoms with Crippen molar-refractivity contribution in [2.75, 3.05) is 6.54 Å². The molecule has 3 nitrogen and oxygen atoms in total. The highest BCUT2D eigenvalue weighted by Gasteiger charge is 2.25. The Bertz CT molecular complexity index is 437. The number of hydrogen-bond donors (Lipinski definition) is 2. The maximum absolute atomic E-state index is 13.4. The van der Waals surface area contributed by atoms with E-state index < -0.39 is 23.1 Å². The number of hydrogen-bond acceptors (Lipinski definition) is 2. The molecular weight excluding hydrogens is 238 g/mol. The van der Waals surface area contributed by atoms with Crippen LogP contribution in [0.5, 0.6) is 0 Å². The first kappa shape index (κ1) is 14.6. The molecule has 1 rings (SSSR count). The largest absolute Gasteiger partial charge is 0.347 e. The Labute approximate surface area is 105 Å². The van der Waals surface area contributed by atoms with Crippen molar-refractivity contribution >= 4 is 5.91 Å². The first-order valence-electron chi connectivity index (χ1n) is 5.89. The van der Waals surface area contributed by atoms with Crippen LogP contribution < -0.4 is 11.1 Å². The fourth-order valence-corrected chi connectivity index (χ4v) is 1.66. The number of nitrogens with one attached hydrogen (secondary N) is 1. The van der Waals surface area contributed by atoms with Crippen LogP contribution in [-0.2, 0) is 0 Å². The van der Waals surface area contributed by atoms with Gasteiger partial charge in [0, 0.05) is 5.54 Å². The number of nitrogens with two attached hydrogens (primary N) is 1. The zero-order chi connectivity index (χ0) is 13.8. The van der Waals surface area contributed by atoms with Gasteiger partial charge in [0.1, 0.15) is 11.6 Å². The molecule has 1 aromatic carbocycles. The van der Waals surface area contributed by atoms with E-state index in [0.29, 0.717) is 19.4 Å². The molecule has 0 saturated carbocycles. The Hall–Kier alpha value is -1.49. The van der Waals surface area contributed by atoms with Crippen molar-refractivity contribution in [2.45, 2.75) is 32.2 Å². The second kappa shape index (κ2) is 5.91. The van der Waals surface area contributed by atoms with Crippen LogP contribution in [-0.4, -0.2) is 18.0 Å². The number of amides is 1. The number of halogens is 2. The molecule has 1 unspecified atom stereocenters. The average Bonchev–Trinajstić information content (AvgIpc) is 2.32. The average molecular weight is 256 g/mol. The van der Waals surface area contributed by atoms with Gasteiger partial charge in [0.05, 0.1) is 5.56 Å². The molecule has 0 aliphatic heterocycles. The van der Waals surface area contributed by atoms with Crippen molar-refractivity contribution < 1.29 is 13.6 Å². The van der Waals surface area contributed by atoms with E-state index in [1.807, 2.05) is 13.8 Å². The molecule has 5 heteroatoms. The van der Waals surface area contributed by atoms with Gasteiger partial charge in [0.25, 0.3) is 5.91 Å². The SMILES string of the molecule is CCC(C)(CCN)NC(=O)c1cc(F)ccc1F. The number of rotatable bonds is 5. The van der Waals surface area contributed by atoms with Crippen LogP contribution >= 0.6 is 0 Å². The van der Waals surface area contributed by atoms with Crippen LogP contribution in [0.25, 0.3) is 0 Å². The van der Waals surface area contributed by atoms with Gasteiger partial charge in [-0.2, -0.15) is 0 Å². The topological polar surface area (TPSA) is 55.1 Å². The van der Waals surface area contributed by atoms with Crippen LogP contribution in [0.15, 0.2) is 18.2 Å². The Morgan fingerprint density at radius 1 is 1.44 bits per heavy atom. The smallest absolute Gasteiger partial charge is 0.254 e. The predicted molar refractivity (Wildman–Crippen MR) is 66.2 cm³/mol. The van der Waals surface area contributed by atoms with Crippen LogP contribution in [0, 0.1) is 11.6 Å². The lowest BCUT2D eigenvalue weighted by atomic mass is 9.94. The summed E-state index contributed by atoms with van der Waals surface area (Å²) in [5.41, 5.74) is 4.68. The lowest BCUT2D eigenvalue weighted by Gasteiger charge is -2.29. The van der Waals surface area contributed by atoms with Gasteiger partial charge in [-0.05, 0) is 44.5 Å². The van der Waals surface area contributed by atoms with Gasteiger partial charge in [-0.1, -0.05) is 6.92 Å². The molecule has 0 radical (unpaired) electrons. The van der Waals surface area contributed by atoms with Crippen LogP contribution in [0.1, 0.15) is 37.0 Å². The van der Waals surface area contributed by atoms with Crippen LogP contribution in [0.2, 0.25) is 0 Å². The van der Waals surface area contributed by atoms with Crippen LogP contribution in [0.3, 0.4) is 0 Å². The van der Waals surface area contributed by atoms with Gasteiger partial charge in [0.15, 0.2) is 0 Å². The first-order chi connectivity index (χ1) is 8.41. The van der Waals surface area contributed by atoms with Crippen LogP contribution in [0.4, 0.5) is 8.78 Å². The molecule has 0 aliphatic carbocycles. The fourth-order valence-electron chi connectivity index (χ4n) is 1.66. The second-order valence-electron chi connectivity index (χ2n) is 4.53. The summed E-state index contributed by atoms with van der Waals surface area (Å²) in [5.74, 6) is -2.00. The molecule has 18 heavy (non-hydrogen) atoms. The Balaban J connectivity index is 2.90. The zero-order valence-corrected chi connectivity index (χ0v) is 10.6. The van der Waals surface area contributed by atoms with Crippen molar-refractivity contribution in [1.82, 2.24) is 5.32 Å². The van der Waals surface area contributed by atoms with Gasteiger partial charge in [-0.3, -0.25) is 4.79 Å². The maximum Gasteiger partial charge on any atom is 0.254 e. The molecule has 0 bridgehead atoms. The number of benzene rings is 1. The van der Waals surface area contributed by atoms with Crippen molar-refractivity contribution in [3.05, 3.63) is 35.4 Å². The Kier molecular flexibility index (Phi) is 4.78. The monoisotopic (exact) mass is 256 g/mol. The van der Waals surface area contributed by atoms with Gasteiger partial charge in [-0.15, -0.1) is 0 Å². The standard InChI is InChI=1S/C13H18F2N2O/c1-3-13(2,6-7-16)17-12(18)10-8-9(14)4-5-11(10)15/h4-5,8H,3,6-7,16H2,1-2H3,(H,17,18). The van der Waals surface area contributed by atoms with E-state index in [1.54, 1.807) is 0 Å². The fraction of sp³-hybridized carbons (Fsp3) is 0.462. The minimum Gasteiger partial charge on any atom is -0.347 e. The third-order valence-corrected chi connectivity index (χ3v) is 3.06. The summed E-state index contributed by atoms with van der Waals surface area (Å²) in [6.45, 7) is 4.14. The molecule has 3 N–H and O–H groups in total. The summed E-state index contributed by atoms with van der Waals surface area (Å²) in [5, 5.41) is 2.70.